The Morgan fingerprint density at radius 3 is 1.12 bits per heavy atom. The highest BCUT2D eigenvalue weighted by Crippen LogP contribution is 2.23. The Morgan fingerprint density at radius 1 is 0.576 bits per heavy atom. The third-order valence-corrected chi connectivity index (χ3v) is 6.22. The van der Waals surface area contributed by atoms with E-state index in [1.807, 2.05) is 37.3 Å². The van der Waals surface area contributed by atoms with E-state index in [9.17, 15) is 27.0 Å². The molecule has 0 saturated heterocycles. The fourth-order valence-corrected chi connectivity index (χ4v) is 3.40. The fourth-order valence-electron chi connectivity index (χ4n) is 2.40. The van der Waals surface area contributed by atoms with Crippen molar-refractivity contribution in [3.63, 3.8) is 0 Å². The van der Waals surface area contributed by atoms with Gasteiger partial charge in [0.05, 0.1) is 22.0 Å². The molecule has 3 atom stereocenters. The van der Waals surface area contributed by atoms with E-state index < -0.39 is 32.4 Å². The second kappa shape index (κ2) is 13.2. The minimum atomic E-state index is -4.00. The first-order valence-electron chi connectivity index (χ1n) is 9.80. The standard InChI is InChI=1S/C11H16O2.2C6H6O3S/c1-8(9(2)12)11(13)10-6-4-3-5-7-10;2*7-10(8,9)6-4-2-1-3-5-6/h3-9,11-13H,1-2H3;2*1-5H,(H,7,8,9). The minimum Gasteiger partial charge on any atom is -0.393 e. The van der Waals surface area contributed by atoms with E-state index in [0.29, 0.717) is 0 Å². The van der Waals surface area contributed by atoms with E-state index in [0.717, 1.165) is 5.56 Å². The molecule has 10 heteroatoms. The zero-order valence-corrected chi connectivity index (χ0v) is 19.8. The van der Waals surface area contributed by atoms with Crippen molar-refractivity contribution in [1.29, 1.82) is 0 Å². The average Bonchev–Trinajstić information content (AvgIpc) is 2.79. The van der Waals surface area contributed by atoms with Crippen LogP contribution < -0.4 is 0 Å². The van der Waals surface area contributed by atoms with Gasteiger partial charge < -0.3 is 10.2 Å². The quantitative estimate of drug-likeness (QED) is 0.391. The zero-order valence-electron chi connectivity index (χ0n) is 18.1. The molecule has 4 N–H and O–H groups in total. The lowest BCUT2D eigenvalue weighted by Gasteiger charge is -2.21. The van der Waals surface area contributed by atoms with Crippen LogP contribution in [0.3, 0.4) is 0 Å². The molecule has 0 spiro atoms. The molecule has 0 amide bonds. The number of aliphatic hydroxyl groups excluding tert-OH is 2. The van der Waals surface area contributed by atoms with Gasteiger partial charge >= 0.3 is 0 Å². The summed E-state index contributed by atoms with van der Waals surface area (Å²) in [5, 5.41) is 19.1. The second-order valence-electron chi connectivity index (χ2n) is 7.03. The Labute approximate surface area is 194 Å². The maximum Gasteiger partial charge on any atom is 0.294 e. The Bertz CT molecular complexity index is 1080. The van der Waals surface area contributed by atoms with E-state index in [4.69, 9.17) is 9.11 Å². The number of benzene rings is 3. The first-order chi connectivity index (χ1) is 15.3. The molecule has 0 aliphatic carbocycles. The van der Waals surface area contributed by atoms with Gasteiger partial charge in [0.15, 0.2) is 0 Å². The Balaban J connectivity index is 0.000000251. The van der Waals surface area contributed by atoms with Crippen molar-refractivity contribution < 1.29 is 36.2 Å². The Hall–Kier alpha value is -2.60. The van der Waals surface area contributed by atoms with Crippen LogP contribution in [0.1, 0.15) is 25.5 Å². The molecule has 3 aromatic carbocycles. The molecular formula is C23H28O8S2. The molecule has 33 heavy (non-hydrogen) atoms. The van der Waals surface area contributed by atoms with Gasteiger partial charge in [-0.15, -0.1) is 0 Å². The maximum atomic E-state index is 10.4. The van der Waals surface area contributed by atoms with Crippen molar-refractivity contribution in [3.05, 3.63) is 96.6 Å². The molecule has 8 nitrogen and oxygen atoms in total. The van der Waals surface area contributed by atoms with E-state index in [1.54, 1.807) is 43.3 Å². The molecule has 3 rings (SSSR count). The third-order valence-electron chi connectivity index (χ3n) is 4.48. The molecule has 180 valence electrons. The van der Waals surface area contributed by atoms with E-state index in [-0.39, 0.29) is 15.7 Å². The molecular weight excluding hydrogens is 468 g/mol. The van der Waals surface area contributed by atoms with Crippen LogP contribution in [0, 0.1) is 5.92 Å². The number of hydrogen-bond donors (Lipinski definition) is 4. The number of rotatable bonds is 5. The highest BCUT2D eigenvalue weighted by atomic mass is 32.2. The normalized spacial score (nSPS) is 13.9. The molecule has 0 bridgehead atoms. The highest BCUT2D eigenvalue weighted by Gasteiger charge is 2.20. The summed E-state index contributed by atoms with van der Waals surface area (Å²) in [5.41, 5.74) is 0.857. The summed E-state index contributed by atoms with van der Waals surface area (Å²) in [6.07, 6.45) is -1.07. The van der Waals surface area contributed by atoms with Crippen LogP contribution in [0.5, 0.6) is 0 Å². The first kappa shape index (κ1) is 28.4. The third kappa shape index (κ3) is 10.7. The van der Waals surface area contributed by atoms with Crippen molar-refractivity contribution in [1.82, 2.24) is 0 Å². The van der Waals surface area contributed by atoms with Crippen molar-refractivity contribution in [2.45, 2.75) is 35.8 Å². The van der Waals surface area contributed by atoms with Crippen molar-refractivity contribution in [2.24, 2.45) is 5.92 Å². The largest absolute Gasteiger partial charge is 0.393 e. The van der Waals surface area contributed by atoms with Crippen LogP contribution in [0.15, 0.2) is 101 Å². The van der Waals surface area contributed by atoms with Crippen molar-refractivity contribution in [2.75, 3.05) is 0 Å². The Kier molecular flexibility index (Phi) is 11.4. The summed E-state index contributed by atoms with van der Waals surface area (Å²) < 4.78 is 58.5. The molecule has 3 aromatic rings. The van der Waals surface area contributed by atoms with Gasteiger partial charge in [-0.25, -0.2) is 0 Å². The molecule has 0 radical (unpaired) electrons. The summed E-state index contributed by atoms with van der Waals surface area (Å²) in [5.74, 6) is -0.137. The van der Waals surface area contributed by atoms with E-state index in [2.05, 4.69) is 0 Å². The van der Waals surface area contributed by atoms with Gasteiger partial charge in [0.2, 0.25) is 0 Å². The maximum absolute atomic E-state index is 10.4. The summed E-state index contributed by atoms with van der Waals surface area (Å²) in [6, 6.07) is 24.2. The lowest BCUT2D eigenvalue weighted by Crippen LogP contribution is -2.20. The summed E-state index contributed by atoms with van der Waals surface area (Å²) in [7, 11) is -8.01. The van der Waals surface area contributed by atoms with Gasteiger partial charge in [-0.05, 0) is 36.8 Å². The Morgan fingerprint density at radius 2 is 0.879 bits per heavy atom. The monoisotopic (exact) mass is 496 g/mol. The predicted octanol–water partition coefficient (Wildman–Crippen LogP) is 3.60. The van der Waals surface area contributed by atoms with Gasteiger partial charge in [-0.3, -0.25) is 9.11 Å². The topological polar surface area (TPSA) is 149 Å². The number of aliphatic hydroxyl groups is 2. The van der Waals surface area contributed by atoms with Gasteiger partial charge in [0, 0.05) is 5.92 Å². The van der Waals surface area contributed by atoms with Gasteiger partial charge in [-0.2, -0.15) is 16.8 Å². The first-order valence-corrected chi connectivity index (χ1v) is 12.7. The van der Waals surface area contributed by atoms with Crippen LogP contribution in [0.25, 0.3) is 0 Å². The summed E-state index contributed by atoms with van der Waals surface area (Å²) in [4.78, 5) is -0.148. The summed E-state index contributed by atoms with van der Waals surface area (Å²) in [6.45, 7) is 3.53. The molecule has 0 heterocycles. The van der Waals surface area contributed by atoms with Gasteiger partial charge in [-0.1, -0.05) is 73.7 Å². The fraction of sp³-hybridized carbons (Fsp3) is 0.217. The van der Waals surface area contributed by atoms with Crippen LogP contribution >= 0.6 is 0 Å². The highest BCUT2D eigenvalue weighted by molar-refractivity contribution is 7.86. The van der Waals surface area contributed by atoms with Crippen molar-refractivity contribution in [3.8, 4) is 0 Å². The molecule has 0 saturated carbocycles. The van der Waals surface area contributed by atoms with Crippen molar-refractivity contribution >= 4 is 20.2 Å². The second-order valence-corrected chi connectivity index (χ2v) is 9.87. The molecule has 3 unspecified atom stereocenters. The average molecular weight is 497 g/mol. The minimum absolute atomic E-state index is 0.0741. The number of hydrogen-bond acceptors (Lipinski definition) is 6. The molecule has 0 aliphatic rings. The zero-order chi connectivity index (χ0) is 25.1. The lowest BCUT2D eigenvalue weighted by molar-refractivity contribution is 0.0307. The van der Waals surface area contributed by atoms with Crippen LogP contribution in [-0.2, 0) is 20.2 Å². The molecule has 0 fully saturated rings. The van der Waals surface area contributed by atoms with E-state index in [1.165, 1.54) is 24.3 Å². The van der Waals surface area contributed by atoms with Gasteiger partial charge in [0.1, 0.15) is 0 Å². The van der Waals surface area contributed by atoms with Crippen LogP contribution in [0.2, 0.25) is 0 Å². The molecule has 0 aromatic heterocycles. The molecule has 0 aliphatic heterocycles. The smallest absolute Gasteiger partial charge is 0.294 e. The van der Waals surface area contributed by atoms with Crippen LogP contribution in [0.4, 0.5) is 0 Å². The van der Waals surface area contributed by atoms with Gasteiger partial charge in [0.25, 0.3) is 20.2 Å². The SMILES string of the molecule is CC(O)C(C)C(O)c1ccccc1.O=S(=O)(O)c1ccccc1.O=S(=O)(O)c1ccccc1. The summed E-state index contributed by atoms with van der Waals surface area (Å²) >= 11 is 0. The van der Waals surface area contributed by atoms with E-state index >= 15 is 0 Å². The lowest BCUT2D eigenvalue weighted by atomic mass is 9.93. The van der Waals surface area contributed by atoms with Crippen LogP contribution in [-0.4, -0.2) is 42.3 Å². The predicted molar refractivity (Wildman–Crippen MR) is 125 cm³/mol.